The summed E-state index contributed by atoms with van der Waals surface area (Å²) in [6, 6.07) is 4.34. The number of likely N-dealkylation sites (tertiary alicyclic amines) is 2. The van der Waals surface area contributed by atoms with Gasteiger partial charge in [0.15, 0.2) is 0 Å². The molecule has 0 radical (unpaired) electrons. The van der Waals surface area contributed by atoms with Crippen molar-refractivity contribution in [3.8, 4) is 0 Å². The highest BCUT2D eigenvalue weighted by atomic mass is 16.3. The minimum atomic E-state index is -0.640. The lowest BCUT2D eigenvalue weighted by molar-refractivity contribution is -0.0372. The molecule has 1 saturated carbocycles. The highest BCUT2D eigenvalue weighted by Gasteiger charge is 2.42. The average Bonchev–Trinajstić information content (AvgIpc) is 3.07. The zero-order chi connectivity index (χ0) is 18.8. The van der Waals surface area contributed by atoms with Crippen LogP contribution in [0.4, 0.5) is 4.79 Å². The number of fused-ring (bicyclic) bond motifs is 1. The number of pyridine rings is 1. The van der Waals surface area contributed by atoms with Crippen molar-refractivity contribution in [3.63, 3.8) is 0 Å². The molecule has 1 aromatic rings. The van der Waals surface area contributed by atoms with Crippen LogP contribution in [0.2, 0.25) is 0 Å². The molecule has 7 nitrogen and oxygen atoms in total. The van der Waals surface area contributed by atoms with Crippen LogP contribution in [0, 0.1) is 11.8 Å². The third-order valence-corrected chi connectivity index (χ3v) is 6.47. The van der Waals surface area contributed by atoms with Gasteiger partial charge in [-0.3, -0.25) is 9.88 Å². The molecule has 2 amide bonds. The van der Waals surface area contributed by atoms with Crippen molar-refractivity contribution < 1.29 is 15.0 Å². The van der Waals surface area contributed by atoms with Crippen LogP contribution >= 0.6 is 0 Å². The van der Waals surface area contributed by atoms with Gasteiger partial charge in [0.25, 0.3) is 0 Å². The number of amides is 2. The van der Waals surface area contributed by atoms with Crippen molar-refractivity contribution in [2.75, 3.05) is 26.2 Å². The Bertz CT molecular complexity index is 617. The Morgan fingerprint density at radius 1 is 1.07 bits per heavy atom. The lowest BCUT2D eigenvalue weighted by atomic mass is 9.79. The van der Waals surface area contributed by atoms with Crippen LogP contribution in [0.15, 0.2) is 24.5 Å². The van der Waals surface area contributed by atoms with Gasteiger partial charge < -0.3 is 20.4 Å². The van der Waals surface area contributed by atoms with Crippen LogP contribution in [0.3, 0.4) is 0 Å². The van der Waals surface area contributed by atoms with Crippen molar-refractivity contribution in [2.24, 2.45) is 11.8 Å². The standard InChI is InChI=1S/C20H30N4O3/c25-18-9-15-12-24(13-16(15)10-19(18)26)20(27)22-17-3-7-23(8-4-17)11-14-1-5-21-6-2-14/h1-2,5-6,15-19,25-26H,3-4,7-13H2,(H,22,27)/t15-,16+,18-,19-/m0/s1. The Kier molecular flexibility index (Phi) is 5.61. The van der Waals surface area contributed by atoms with Crippen molar-refractivity contribution in [3.05, 3.63) is 30.1 Å². The molecule has 3 N–H and O–H groups in total. The first-order valence-corrected chi connectivity index (χ1v) is 10.1. The SMILES string of the molecule is O=C(NC1CCN(Cc2ccncc2)CC1)N1C[C@H]2C[C@H](O)[C@@H](O)C[C@H]2C1. The van der Waals surface area contributed by atoms with Crippen LogP contribution < -0.4 is 5.32 Å². The molecule has 27 heavy (non-hydrogen) atoms. The van der Waals surface area contributed by atoms with Crippen LogP contribution in [-0.2, 0) is 6.54 Å². The number of hydrogen-bond acceptors (Lipinski definition) is 5. The summed E-state index contributed by atoms with van der Waals surface area (Å²) in [7, 11) is 0. The average molecular weight is 374 g/mol. The first-order chi connectivity index (χ1) is 13.1. The van der Waals surface area contributed by atoms with Crippen molar-refractivity contribution >= 4 is 6.03 Å². The lowest BCUT2D eigenvalue weighted by Crippen LogP contribution is -2.48. The molecule has 0 bridgehead atoms. The number of hydrogen-bond donors (Lipinski definition) is 3. The molecule has 1 aliphatic carbocycles. The first kappa shape index (κ1) is 18.7. The molecular formula is C20H30N4O3. The zero-order valence-corrected chi connectivity index (χ0v) is 15.7. The fourth-order valence-corrected chi connectivity index (χ4v) is 4.82. The summed E-state index contributed by atoms with van der Waals surface area (Å²) in [6.45, 7) is 4.29. The fourth-order valence-electron chi connectivity index (χ4n) is 4.82. The van der Waals surface area contributed by atoms with Gasteiger partial charge in [-0.05, 0) is 55.2 Å². The summed E-state index contributed by atoms with van der Waals surface area (Å²) in [5.74, 6) is 0.632. The Morgan fingerprint density at radius 3 is 2.26 bits per heavy atom. The summed E-state index contributed by atoms with van der Waals surface area (Å²) < 4.78 is 0. The molecule has 4 rings (SSSR count). The fraction of sp³-hybridized carbons (Fsp3) is 0.700. The predicted molar refractivity (Wildman–Crippen MR) is 101 cm³/mol. The lowest BCUT2D eigenvalue weighted by Gasteiger charge is -2.33. The van der Waals surface area contributed by atoms with Crippen LogP contribution in [0.5, 0.6) is 0 Å². The maximum absolute atomic E-state index is 12.7. The van der Waals surface area contributed by atoms with Crippen LogP contribution in [0.25, 0.3) is 0 Å². The number of carbonyl (C=O) groups is 1. The van der Waals surface area contributed by atoms with E-state index in [0.29, 0.717) is 37.8 Å². The van der Waals surface area contributed by atoms with Gasteiger partial charge in [-0.1, -0.05) is 0 Å². The van der Waals surface area contributed by atoms with E-state index in [1.807, 2.05) is 17.3 Å². The number of nitrogens with one attached hydrogen (secondary N) is 1. The largest absolute Gasteiger partial charge is 0.390 e. The second kappa shape index (κ2) is 8.12. The van der Waals surface area contributed by atoms with E-state index in [2.05, 4.69) is 27.3 Å². The van der Waals surface area contributed by atoms with Gasteiger partial charge >= 0.3 is 6.03 Å². The molecule has 7 heteroatoms. The Morgan fingerprint density at radius 2 is 1.67 bits per heavy atom. The number of aliphatic hydroxyl groups excluding tert-OH is 2. The first-order valence-electron chi connectivity index (χ1n) is 10.1. The monoisotopic (exact) mass is 374 g/mol. The van der Waals surface area contributed by atoms with Gasteiger partial charge in [0.05, 0.1) is 12.2 Å². The quantitative estimate of drug-likeness (QED) is 0.729. The van der Waals surface area contributed by atoms with E-state index < -0.39 is 12.2 Å². The number of urea groups is 1. The minimum Gasteiger partial charge on any atom is -0.390 e. The van der Waals surface area contributed by atoms with Gasteiger partial charge in [0, 0.05) is 51.2 Å². The molecule has 148 valence electrons. The number of aliphatic hydroxyl groups is 2. The molecule has 2 aliphatic heterocycles. The molecular weight excluding hydrogens is 344 g/mol. The Hall–Kier alpha value is -1.70. The van der Waals surface area contributed by atoms with Crippen molar-refractivity contribution in [1.82, 2.24) is 20.1 Å². The number of rotatable bonds is 3. The van der Waals surface area contributed by atoms with Gasteiger partial charge in [0.1, 0.15) is 0 Å². The molecule has 3 fully saturated rings. The minimum absolute atomic E-state index is 0.0148. The highest BCUT2D eigenvalue weighted by Crippen LogP contribution is 2.36. The van der Waals surface area contributed by atoms with Crippen molar-refractivity contribution in [1.29, 1.82) is 0 Å². The van der Waals surface area contributed by atoms with E-state index in [-0.39, 0.29) is 12.1 Å². The van der Waals surface area contributed by atoms with E-state index >= 15 is 0 Å². The van der Waals surface area contributed by atoms with E-state index in [4.69, 9.17) is 0 Å². The van der Waals surface area contributed by atoms with Gasteiger partial charge in [-0.25, -0.2) is 4.79 Å². The van der Waals surface area contributed by atoms with Gasteiger partial charge in [-0.2, -0.15) is 0 Å². The Labute approximate surface area is 160 Å². The summed E-state index contributed by atoms with van der Waals surface area (Å²) in [4.78, 5) is 21.0. The topological polar surface area (TPSA) is 88.9 Å². The molecule has 4 atom stereocenters. The van der Waals surface area contributed by atoms with E-state index in [0.717, 1.165) is 32.5 Å². The van der Waals surface area contributed by atoms with E-state index in [9.17, 15) is 15.0 Å². The third kappa shape index (κ3) is 4.42. The van der Waals surface area contributed by atoms with E-state index in [1.54, 1.807) is 0 Å². The molecule has 3 heterocycles. The molecule has 0 unspecified atom stereocenters. The number of piperidine rings is 1. The van der Waals surface area contributed by atoms with Gasteiger partial charge in [-0.15, -0.1) is 0 Å². The molecule has 1 aromatic heterocycles. The predicted octanol–water partition coefficient (Wildman–Crippen LogP) is 0.819. The summed E-state index contributed by atoms with van der Waals surface area (Å²) in [6.07, 6.45) is 5.51. The smallest absolute Gasteiger partial charge is 0.317 e. The third-order valence-electron chi connectivity index (χ3n) is 6.47. The Balaban J connectivity index is 1.22. The summed E-state index contributed by atoms with van der Waals surface area (Å²) in [5, 5.41) is 22.9. The molecule has 0 spiro atoms. The second-order valence-electron chi connectivity index (χ2n) is 8.39. The number of carbonyl (C=O) groups excluding carboxylic acids is 1. The molecule has 0 aromatic carbocycles. The maximum Gasteiger partial charge on any atom is 0.317 e. The van der Waals surface area contributed by atoms with Crippen LogP contribution in [-0.4, -0.2) is 75.5 Å². The number of aromatic nitrogens is 1. The molecule has 3 aliphatic rings. The normalized spacial score (nSPS) is 32.3. The molecule has 2 saturated heterocycles. The zero-order valence-electron chi connectivity index (χ0n) is 15.7. The van der Waals surface area contributed by atoms with Crippen LogP contribution in [0.1, 0.15) is 31.2 Å². The summed E-state index contributed by atoms with van der Waals surface area (Å²) >= 11 is 0. The second-order valence-corrected chi connectivity index (χ2v) is 8.39. The summed E-state index contributed by atoms with van der Waals surface area (Å²) in [5.41, 5.74) is 1.27. The number of nitrogens with zero attached hydrogens (tertiary/aromatic N) is 3. The van der Waals surface area contributed by atoms with Crippen molar-refractivity contribution in [2.45, 2.75) is 50.5 Å². The van der Waals surface area contributed by atoms with Gasteiger partial charge in [0.2, 0.25) is 0 Å². The van der Waals surface area contributed by atoms with E-state index in [1.165, 1.54) is 5.56 Å². The highest BCUT2D eigenvalue weighted by molar-refractivity contribution is 5.75. The maximum atomic E-state index is 12.7.